The molecule has 2 saturated heterocycles. The van der Waals surface area contributed by atoms with Gasteiger partial charge in [0.1, 0.15) is 18.0 Å². The molecule has 2 fully saturated rings. The Balaban J connectivity index is 1.32. The Morgan fingerprint density at radius 1 is 1.11 bits per heavy atom. The molecule has 2 aliphatic heterocycles. The van der Waals surface area contributed by atoms with Crippen LogP contribution in [0.3, 0.4) is 0 Å². The molecule has 3 aromatic carbocycles. The normalized spacial score (nSPS) is 18.1. The number of thiazole rings is 1. The van der Waals surface area contributed by atoms with Crippen LogP contribution < -0.4 is 15.8 Å². The lowest BCUT2D eigenvalue weighted by atomic mass is 9.99. The second-order valence-corrected chi connectivity index (χ2v) is 12.0. The summed E-state index contributed by atoms with van der Waals surface area (Å²) in [5, 5.41) is 6.45. The number of nitrogens with zero attached hydrogens (tertiary/aromatic N) is 5. The number of nitrogens with one attached hydrogen (secondary N) is 1. The summed E-state index contributed by atoms with van der Waals surface area (Å²) < 4.78 is 6.23. The molecular formula is C33H33N7O4S. The van der Waals surface area contributed by atoms with Gasteiger partial charge in [0.05, 0.1) is 37.0 Å². The van der Waals surface area contributed by atoms with Gasteiger partial charge < -0.3 is 25.6 Å². The van der Waals surface area contributed by atoms with E-state index < -0.39 is 18.2 Å². The monoisotopic (exact) mass is 623 g/mol. The third-order valence-electron chi connectivity index (χ3n) is 8.11. The topological polar surface area (TPSA) is 124 Å². The van der Waals surface area contributed by atoms with E-state index in [0.29, 0.717) is 23.8 Å². The number of methoxy groups -OCH3 is 1. The third-order valence-corrected chi connectivity index (χ3v) is 8.96. The van der Waals surface area contributed by atoms with Crippen molar-refractivity contribution in [1.82, 2.24) is 30.1 Å². The van der Waals surface area contributed by atoms with Crippen LogP contribution in [-0.2, 0) is 29.1 Å². The zero-order chi connectivity index (χ0) is 31.5. The van der Waals surface area contributed by atoms with E-state index in [4.69, 9.17) is 16.9 Å². The van der Waals surface area contributed by atoms with Gasteiger partial charge in [-0.1, -0.05) is 71.9 Å². The van der Waals surface area contributed by atoms with Gasteiger partial charge in [0.25, 0.3) is 0 Å². The predicted octanol–water partition coefficient (Wildman–Crippen LogP) is 3.07. The highest BCUT2D eigenvalue weighted by Gasteiger charge is 2.52. The van der Waals surface area contributed by atoms with E-state index in [-0.39, 0.29) is 38.0 Å². The number of hydrogen-bond donors (Lipinski definition) is 2. The number of benzene rings is 3. The molecule has 12 heteroatoms. The zero-order valence-electron chi connectivity index (χ0n) is 24.8. The molecule has 4 aromatic rings. The summed E-state index contributed by atoms with van der Waals surface area (Å²) in [6.45, 7) is 0.589. The zero-order valence-corrected chi connectivity index (χ0v) is 25.6. The number of terminal acetylenes is 1. The fraction of sp³-hybridized carbons (Fsp3) is 0.273. The number of hydrogen-bond acceptors (Lipinski definition) is 8. The van der Waals surface area contributed by atoms with Crippen LogP contribution in [0.5, 0.6) is 5.75 Å². The molecule has 45 heavy (non-hydrogen) atoms. The van der Waals surface area contributed by atoms with Gasteiger partial charge in [-0.05, 0) is 34.9 Å². The maximum Gasteiger partial charge on any atom is 0.333 e. The summed E-state index contributed by atoms with van der Waals surface area (Å²) in [5.41, 5.74) is 9.41. The van der Waals surface area contributed by atoms with Crippen molar-refractivity contribution in [2.75, 3.05) is 32.5 Å². The minimum Gasteiger partial charge on any atom is -0.497 e. The van der Waals surface area contributed by atoms with Crippen LogP contribution in [0.4, 0.5) is 9.93 Å². The number of rotatable bonds is 9. The fourth-order valence-electron chi connectivity index (χ4n) is 5.96. The van der Waals surface area contributed by atoms with Crippen molar-refractivity contribution < 1.29 is 19.1 Å². The quantitative estimate of drug-likeness (QED) is 0.275. The first-order valence-corrected chi connectivity index (χ1v) is 15.3. The molecule has 6 rings (SSSR count). The molecule has 2 aliphatic rings. The number of anilines is 1. The number of hydrazine groups is 1. The van der Waals surface area contributed by atoms with E-state index in [0.717, 1.165) is 26.9 Å². The average molecular weight is 624 g/mol. The molecule has 4 amide bonds. The van der Waals surface area contributed by atoms with E-state index >= 15 is 0 Å². The molecular weight excluding hydrogens is 590 g/mol. The Kier molecular flexibility index (Phi) is 8.55. The van der Waals surface area contributed by atoms with Crippen molar-refractivity contribution in [3.63, 3.8) is 0 Å². The number of fused-ring (bicyclic) bond motifs is 2. The van der Waals surface area contributed by atoms with E-state index in [1.54, 1.807) is 21.9 Å². The number of nitrogens with two attached hydrogens (primary N) is 1. The Labute approximate surface area is 265 Å². The second-order valence-electron chi connectivity index (χ2n) is 10.9. The van der Waals surface area contributed by atoms with Crippen LogP contribution in [0.15, 0.2) is 72.8 Å². The molecule has 230 valence electrons. The Morgan fingerprint density at radius 2 is 1.89 bits per heavy atom. The summed E-state index contributed by atoms with van der Waals surface area (Å²) in [6, 6.07) is 21.5. The molecule has 2 atom stereocenters. The maximum atomic E-state index is 14.2. The minimum absolute atomic E-state index is 0.0489. The van der Waals surface area contributed by atoms with Crippen LogP contribution in [-0.4, -0.2) is 81.6 Å². The number of aromatic nitrogens is 1. The van der Waals surface area contributed by atoms with E-state index in [1.807, 2.05) is 72.8 Å². The van der Waals surface area contributed by atoms with Crippen LogP contribution in [0.2, 0.25) is 0 Å². The lowest BCUT2D eigenvalue weighted by Gasteiger charge is -2.46. The summed E-state index contributed by atoms with van der Waals surface area (Å²) in [7, 11) is 1.59. The minimum atomic E-state index is -0.797. The number of carbonyl (C=O) groups excluding carboxylic acids is 3. The van der Waals surface area contributed by atoms with E-state index in [2.05, 4.69) is 16.2 Å². The largest absolute Gasteiger partial charge is 0.497 e. The molecule has 0 bridgehead atoms. The molecule has 3 heterocycles. The van der Waals surface area contributed by atoms with Crippen LogP contribution in [0.1, 0.15) is 16.7 Å². The van der Waals surface area contributed by atoms with Gasteiger partial charge in [-0.2, -0.15) is 5.01 Å². The van der Waals surface area contributed by atoms with Crippen LogP contribution in [0, 0.1) is 12.3 Å². The smallest absolute Gasteiger partial charge is 0.333 e. The lowest BCUT2D eigenvalue weighted by Crippen LogP contribution is -2.66. The maximum absolute atomic E-state index is 14.2. The molecule has 0 spiro atoms. The number of nitrogen functional groups attached to an aromatic ring is 1. The van der Waals surface area contributed by atoms with Crippen molar-refractivity contribution >= 4 is 44.5 Å². The highest BCUT2D eigenvalue weighted by atomic mass is 32.1. The Bertz CT molecular complexity index is 1750. The van der Waals surface area contributed by atoms with Gasteiger partial charge in [0.15, 0.2) is 5.13 Å². The first-order chi connectivity index (χ1) is 21.9. The SMILES string of the molecule is C#CCN(C(=O)NCc1ccccc1)N1CC(=O)N2[C@@H](Cc3ccc(OC)cc3)C(=O)N(Cc3cccc4sc(N)nc34)C[C@@H]21. The fourth-order valence-corrected chi connectivity index (χ4v) is 6.74. The first-order valence-electron chi connectivity index (χ1n) is 14.5. The number of piperazine rings is 1. The summed E-state index contributed by atoms with van der Waals surface area (Å²) in [6.07, 6.45) is 5.39. The van der Waals surface area contributed by atoms with E-state index in [1.165, 1.54) is 16.3 Å². The first kappa shape index (κ1) is 29.9. The molecule has 11 nitrogen and oxygen atoms in total. The molecule has 0 radical (unpaired) electrons. The molecule has 1 aromatic heterocycles. The van der Waals surface area contributed by atoms with Gasteiger partial charge in [-0.15, -0.1) is 6.42 Å². The predicted molar refractivity (Wildman–Crippen MR) is 171 cm³/mol. The Hall–Kier alpha value is -5.12. The standard InChI is InChI=1S/C33H33N7O4S/c1-3-16-38(33(43)35-18-23-8-5-4-6-9-23)39-21-29(41)40-26(17-22-12-14-25(44-2)15-13-22)31(42)37(20-28(39)40)19-24-10-7-11-27-30(24)36-32(34)45-27/h1,4-15,26,28H,16-21H2,2H3,(H2,34,36)(H,35,43)/t26-,28+/m0/s1. The van der Waals surface area contributed by atoms with Gasteiger partial charge >= 0.3 is 6.03 Å². The number of amides is 4. The van der Waals surface area contributed by atoms with Crippen molar-refractivity contribution in [3.8, 4) is 18.1 Å². The highest BCUT2D eigenvalue weighted by molar-refractivity contribution is 7.22. The highest BCUT2D eigenvalue weighted by Crippen LogP contribution is 2.32. The van der Waals surface area contributed by atoms with Gasteiger partial charge in [0.2, 0.25) is 11.8 Å². The van der Waals surface area contributed by atoms with Gasteiger partial charge in [-0.3, -0.25) is 9.59 Å². The average Bonchev–Trinajstić information content (AvgIpc) is 3.60. The molecule has 0 saturated carbocycles. The van der Waals surface area contributed by atoms with Crippen molar-refractivity contribution in [1.29, 1.82) is 0 Å². The Morgan fingerprint density at radius 3 is 2.62 bits per heavy atom. The summed E-state index contributed by atoms with van der Waals surface area (Å²) >= 11 is 1.39. The van der Waals surface area contributed by atoms with Gasteiger partial charge in [-0.25, -0.2) is 14.8 Å². The second kappa shape index (κ2) is 12.9. The third kappa shape index (κ3) is 6.13. The van der Waals surface area contributed by atoms with Gasteiger partial charge in [0, 0.05) is 19.5 Å². The van der Waals surface area contributed by atoms with Crippen LogP contribution in [0.25, 0.3) is 10.2 Å². The number of para-hydroxylation sites is 1. The van der Waals surface area contributed by atoms with Crippen LogP contribution >= 0.6 is 11.3 Å². The number of carbonyl (C=O) groups is 3. The van der Waals surface area contributed by atoms with Crippen molar-refractivity contribution in [2.45, 2.75) is 31.7 Å². The lowest BCUT2D eigenvalue weighted by molar-refractivity contribution is -0.157. The number of urea groups is 1. The summed E-state index contributed by atoms with van der Waals surface area (Å²) in [5.74, 6) is 2.82. The van der Waals surface area contributed by atoms with Crippen molar-refractivity contribution in [2.24, 2.45) is 0 Å². The summed E-state index contributed by atoms with van der Waals surface area (Å²) in [4.78, 5) is 49.3. The van der Waals surface area contributed by atoms with E-state index in [9.17, 15) is 14.4 Å². The molecule has 0 unspecified atom stereocenters. The number of ether oxygens (including phenoxy) is 1. The molecule has 3 N–H and O–H groups in total. The van der Waals surface area contributed by atoms with Crippen molar-refractivity contribution in [3.05, 3.63) is 89.5 Å². The molecule has 0 aliphatic carbocycles.